The fraction of sp³-hybridized carbons (Fsp3) is 0.909. The predicted octanol–water partition coefficient (Wildman–Crippen LogP) is 0.313. The summed E-state index contributed by atoms with van der Waals surface area (Å²) in [5, 5.41) is 22.6. The van der Waals surface area contributed by atoms with Crippen LogP contribution in [0.25, 0.3) is 0 Å². The van der Waals surface area contributed by atoms with E-state index in [1.165, 1.54) is 0 Å². The molecular weight excluding hydrogens is 221 g/mol. The summed E-state index contributed by atoms with van der Waals surface area (Å²) in [6.07, 6.45) is 0.956. The average Bonchev–Trinajstić information content (AvgIpc) is 2.15. The summed E-state index contributed by atoms with van der Waals surface area (Å²) in [4.78, 5) is 11.2. The number of amides is 1. The van der Waals surface area contributed by atoms with E-state index in [0.29, 0.717) is 13.0 Å². The fourth-order valence-electron chi connectivity index (χ4n) is 1.60. The molecule has 1 saturated heterocycles. The van der Waals surface area contributed by atoms with Crippen molar-refractivity contribution >= 4 is 13.0 Å². The standard InChI is InChI=1S/C11H22BNO4/c1-10(2,15)11(3,4)17-12(16)8-5-6-13-9(14)7-8/h8,15-16H,5-7H2,1-4H3,(H,13,14)/t8-/m1/s1. The second-order valence-electron chi connectivity index (χ2n) is 5.68. The summed E-state index contributed by atoms with van der Waals surface area (Å²) in [6.45, 7) is 7.27. The molecule has 0 aromatic carbocycles. The van der Waals surface area contributed by atoms with Gasteiger partial charge in [0.25, 0.3) is 0 Å². The molecule has 0 aliphatic carbocycles. The molecule has 17 heavy (non-hydrogen) atoms. The lowest BCUT2D eigenvalue weighted by molar-refractivity contribution is -0.123. The number of nitrogens with one attached hydrogen (secondary N) is 1. The van der Waals surface area contributed by atoms with Crippen molar-refractivity contribution in [1.82, 2.24) is 5.32 Å². The van der Waals surface area contributed by atoms with Gasteiger partial charge in [0.2, 0.25) is 5.91 Å². The Kier molecular flexibility index (Phi) is 4.22. The number of carbonyl (C=O) groups excluding carboxylic acids is 1. The van der Waals surface area contributed by atoms with E-state index in [-0.39, 0.29) is 18.1 Å². The fourth-order valence-corrected chi connectivity index (χ4v) is 1.60. The minimum atomic E-state index is -1.06. The molecule has 1 heterocycles. The van der Waals surface area contributed by atoms with Gasteiger partial charge < -0.3 is 20.1 Å². The largest absolute Gasteiger partial charge is 0.458 e. The summed E-state index contributed by atoms with van der Waals surface area (Å²) >= 11 is 0. The van der Waals surface area contributed by atoms with Gasteiger partial charge in [-0.3, -0.25) is 4.79 Å². The van der Waals surface area contributed by atoms with Crippen molar-refractivity contribution in [3.05, 3.63) is 0 Å². The van der Waals surface area contributed by atoms with Gasteiger partial charge in [0.05, 0.1) is 11.2 Å². The van der Waals surface area contributed by atoms with Gasteiger partial charge in [-0.25, -0.2) is 0 Å². The smallest absolute Gasteiger partial charge is 0.427 e. The average molecular weight is 243 g/mol. The molecule has 98 valence electrons. The topological polar surface area (TPSA) is 78.8 Å². The third-order valence-electron chi connectivity index (χ3n) is 3.58. The molecule has 0 saturated carbocycles. The summed E-state index contributed by atoms with van der Waals surface area (Å²) in [7, 11) is -1.03. The SMILES string of the molecule is CC(C)(O)C(C)(C)OB(O)[C@@H]1CCNC(=O)C1. The zero-order valence-electron chi connectivity index (χ0n) is 11.0. The Bertz CT molecular complexity index is 288. The predicted molar refractivity (Wildman–Crippen MR) is 65.4 cm³/mol. The van der Waals surface area contributed by atoms with Crippen LogP contribution in [0.3, 0.4) is 0 Å². The first-order valence-corrected chi connectivity index (χ1v) is 5.98. The first kappa shape index (κ1) is 14.5. The van der Waals surface area contributed by atoms with Crippen molar-refractivity contribution in [1.29, 1.82) is 0 Å². The molecule has 1 atom stereocenters. The van der Waals surface area contributed by atoms with E-state index >= 15 is 0 Å². The van der Waals surface area contributed by atoms with Crippen LogP contribution < -0.4 is 5.32 Å². The summed E-state index contributed by atoms with van der Waals surface area (Å²) in [5.74, 6) is -0.268. The number of hydrogen-bond donors (Lipinski definition) is 3. The number of piperidine rings is 1. The van der Waals surface area contributed by atoms with Crippen LogP contribution in [0.5, 0.6) is 0 Å². The van der Waals surface area contributed by atoms with Crippen LogP contribution in [0.4, 0.5) is 0 Å². The molecule has 0 unspecified atom stereocenters. The Morgan fingerprint density at radius 2 is 2.00 bits per heavy atom. The lowest BCUT2D eigenvalue weighted by atomic mass is 9.66. The molecule has 5 nitrogen and oxygen atoms in total. The molecule has 1 aliphatic rings. The first-order valence-electron chi connectivity index (χ1n) is 5.98. The molecule has 0 spiro atoms. The highest BCUT2D eigenvalue weighted by atomic mass is 16.5. The Morgan fingerprint density at radius 3 is 2.47 bits per heavy atom. The van der Waals surface area contributed by atoms with Crippen molar-refractivity contribution in [3.63, 3.8) is 0 Å². The van der Waals surface area contributed by atoms with Crippen LogP contribution in [-0.2, 0) is 9.45 Å². The summed E-state index contributed by atoms with van der Waals surface area (Å²) in [5.41, 5.74) is -1.94. The molecule has 0 aromatic rings. The van der Waals surface area contributed by atoms with Crippen LogP contribution in [0, 0.1) is 0 Å². The van der Waals surface area contributed by atoms with Gasteiger partial charge in [0, 0.05) is 18.8 Å². The van der Waals surface area contributed by atoms with Crippen molar-refractivity contribution in [3.8, 4) is 0 Å². The van der Waals surface area contributed by atoms with E-state index < -0.39 is 18.3 Å². The molecule has 3 N–H and O–H groups in total. The van der Waals surface area contributed by atoms with Crippen molar-refractivity contribution in [2.24, 2.45) is 0 Å². The number of carbonyl (C=O) groups is 1. The first-order chi connectivity index (χ1) is 7.63. The van der Waals surface area contributed by atoms with E-state index in [0.717, 1.165) is 0 Å². The number of hydrogen-bond acceptors (Lipinski definition) is 4. The maximum Gasteiger partial charge on any atom is 0.458 e. The van der Waals surface area contributed by atoms with Gasteiger partial charge in [-0.2, -0.15) is 0 Å². The highest BCUT2D eigenvalue weighted by molar-refractivity contribution is 6.45. The van der Waals surface area contributed by atoms with Crippen molar-refractivity contribution in [2.75, 3.05) is 6.54 Å². The molecular formula is C11H22BNO4. The van der Waals surface area contributed by atoms with Crippen LogP contribution in [0.2, 0.25) is 5.82 Å². The highest BCUT2D eigenvalue weighted by Gasteiger charge is 2.42. The minimum Gasteiger partial charge on any atom is -0.427 e. The Balaban J connectivity index is 2.59. The monoisotopic (exact) mass is 243 g/mol. The van der Waals surface area contributed by atoms with Gasteiger partial charge in [-0.1, -0.05) is 0 Å². The van der Waals surface area contributed by atoms with Crippen molar-refractivity contribution in [2.45, 2.75) is 57.6 Å². The van der Waals surface area contributed by atoms with E-state index in [1.807, 2.05) is 0 Å². The normalized spacial score (nSPS) is 22.2. The summed E-state index contributed by atoms with van der Waals surface area (Å²) in [6, 6.07) is 0. The van der Waals surface area contributed by atoms with Crippen LogP contribution >= 0.6 is 0 Å². The molecule has 1 fully saturated rings. The van der Waals surface area contributed by atoms with E-state index in [1.54, 1.807) is 27.7 Å². The quantitative estimate of drug-likeness (QED) is 0.621. The lowest BCUT2D eigenvalue weighted by Gasteiger charge is -2.40. The molecule has 1 rings (SSSR count). The Labute approximate surface area is 103 Å². The number of aliphatic hydroxyl groups is 1. The van der Waals surface area contributed by atoms with Crippen LogP contribution in [0.15, 0.2) is 0 Å². The second kappa shape index (κ2) is 4.96. The van der Waals surface area contributed by atoms with Crippen LogP contribution in [-0.4, -0.2) is 40.9 Å². The van der Waals surface area contributed by atoms with Gasteiger partial charge in [0.1, 0.15) is 0 Å². The maximum atomic E-state index is 11.2. The lowest BCUT2D eigenvalue weighted by Crippen LogP contribution is -2.52. The molecule has 6 heteroatoms. The summed E-state index contributed by atoms with van der Waals surface area (Å²) < 4.78 is 5.52. The third kappa shape index (κ3) is 3.69. The van der Waals surface area contributed by atoms with Gasteiger partial charge in [0.15, 0.2) is 0 Å². The van der Waals surface area contributed by atoms with E-state index in [9.17, 15) is 14.9 Å². The molecule has 0 bridgehead atoms. The van der Waals surface area contributed by atoms with Crippen molar-refractivity contribution < 1.29 is 19.6 Å². The van der Waals surface area contributed by atoms with Gasteiger partial charge in [-0.15, -0.1) is 0 Å². The van der Waals surface area contributed by atoms with E-state index in [2.05, 4.69) is 5.32 Å². The highest BCUT2D eigenvalue weighted by Crippen LogP contribution is 2.30. The molecule has 1 amide bonds. The zero-order valence-corrected chi connectivity index (χ0v) is 11.0. The van der Waals surface area contributed by atoms with Gasteiger partial charge >= 0.3 is 7.12 Å². The van der Waals surface area contributed by atoms with Gasteiger partial charge in [-0.05, 0) is 34.1 Å². The minimum absolute atomic E-state index is 0.0648. The molecule has 0 aromatic heterocycles. The maximum absolute atomic E-state index is 11.2. The molecule has 1 aliphatic heterocycles. The molecule has 0 radical (unpaired) electrons. The Morgan fingerprint density at radius 1 is 1.41 bits per heavy atom. The Hall–Kier alpha value is -0.585. The zero-order chi connectivity index (χ0) is 13.3. The third-order valence-corrected chi connectivity index (χ3v) is 3.58. The van der Waals surface area contributed by atoms with Crippen LogP contribution in [0.1, 0.15) is 40.5 Å². The van der Waals surface area contributed by atoms with E-state index in [4.69, 9.17) is 4.65 Å². The second-order valence-corrected chi connectivity index (χ2v) is 5.68. The number of rotatable bonds is 4.